The van der Waals surface area contributed by atoms with Gasteiger partial charge in [-0.25, -0.2) is 4.39 Å². The van der Waals surface area contributed by atoms with E-state index in [9.17, 15) is 4.39 Å². The molecule has 19 heavy (non-hydrogen) atoms. The van der Waals surface area contributed by atoms with E-state index in [1.807, 2.05) is 18.2 Å². The van der Waals surface area contributed by atoms with Crippen LogP contribution in [0.15, 0.2) is 36.4 Å². The first-order valence-electron chi connectivity index (χ1n) is 6.14. The third-order valence-corrected chi connectivity index (χ3v) is 4.01. The van der Waals surface area contributed by atoms with Gasteiger partial charge >= 0.3 is 0 Å². The zero-order chi connectivity index (χ0) is 13.4. The summed E-state index contributed by atoms with van der Waals surface area (Å²) in [5, 5.41) is 4.35. The number of nitrogens with one attached hydrogen (secondary N) is 1. The van der Waals surface area contributed by atoms with Crippen molar-refractivity contribution in [3.63, 3.8) is 0 Å². The van der Waals surface area contributed by atoms with Crippen LogP contribution in [0, 0.1) is 5.82 Å². The summed E-state index contributed by atoms with van der Waals surface area (Å²) in [5.41, 5.74) is 2.76. The fourth-order valence-corrected chi connectivity index (χ4v) is 2.96. The molecule has 0 heterocycles. The lowest BCUT2D eigenvalue weighted by molar-refractivity contribution is 0.625. The predicted molar refractivity (Wildman–Crippen MR) is 77.5 cm³/mol. The highest BCUT2D eigenvalue weighted by Gasteiger charge is 2.23. The molecule has 0 fully saturated rings. The third kappa shape index (κ3) is 2.43. The van der Waals surface area contributed by atoms with Crippen molar-refractivity contribution in [1.29, 1.82) is 0 Å². The Morgan fingerprint density at radius 1 is 1.16 bits per heavy atom. The minimum Gasteiger partial charge on any atom is -0.375 e. The molecule has 3 rings (SSSR count). The number of anilines is 1. The third-order valence-electron chi connectivity index (χ3n) is 3.46. The van der Waals surface area contributed by atoms with Crippen LogP contribution in [-0.4, -0.2) is 0 Å². The number of rotatable bonds is 2. The molecule has 1 unspecified atom stereocenters. The van der Waals surface area contributed by atoms with E-state index >= 15 is 0 Å². The van der Waals surface area contributed by atoms with Gasteiger partial charge < -0.3 is 5.32 Å². The van der Waals surface area contributed by atoms with Gasteiger partial charge in [0.2, 0.25) is 0 Å². The molecule has 0 amide bonds. The van der Waals surface area contributed by atoms with Crippen LogP contribution in [0.3, 0.4) is 0 Å². The van der Waals surface area contributed by atoms with Gasteiger partial charge in [0.15, 0.2) is 0 Å². The second-order valence-electron chi connectivity index (χ2n) is 4.68. The number of hydrogen-bond donors (Lipinski definition) is 1. The first-order chi connectivity index (χ1) is 9.15. The molecule has 1 aliphatic rings. The van der Waals surface area contributed by atoms with Crippen molar-refractivity contribution in [1.82, 2.24) is 0 Å². The average molecular weight is 296 g/mol. The van der Waals surface area contributed by atoms with Gasteiger partial charge in [0, 0.05) is 5.02 Å². The summed E-state index contributed by atoms with van der Waals surface area (Å²) < 4.78 is 13.8. The van der Waals surface area contributed by atoms with Crippen LogP contribution in [0.5, 0.6) is 0 Å². The van der Waals surface area contributed by atoms with Gasteiger partial charge in [-0.2, -0.15) is 0 Å². The second kappa shape index (κ2) is 5.03. The van der Waals surface area contributed by atoms with Gasteiger partial charge in [-0.3, -0.25) is 0 Å². The molecule has 0 bridgehead atoms. The maximum Gasteiger partial charge on any atom is 0.147 e. The lowest BCUT2D eigenvalue weighted by Gasteiger charge is -2.17. The van der Waals surface area contributed by atoms with Crippen LogP contribution in [0.1, 0.15) is 23.6 Å². The van der Waals surface area contributed by atoms with Crippen LogP contribution >= 0.6 is 23.2 Å². The highest BCUT2D eigenvalue weighted by Crippen LogP contribution is 2.37. The van der Waals surface area contributed by atoms with Crippen molar-refractivity contribution in [2.75, 3.05) is 5.32 Å². The van der Waals surface area contributed by atoms with Crippen LogP contribution in [0.4, 0.5) is 10.1 Å². The lowest BCUT2D eigenvalue weighted by Crippen LogP contribution is -2.08. The van der Waals surface area contributed by atoms with Crippen molar-refractivity contribution in [3.05, 3.63) is 63.4 Å². The molecule has 1 atom stereocenters. The summed E-state index contributed by atoms with van der Waals surface area (Å²) in [7, 11) is 0. The first-order valence-corrected chi connectivity index (χ1v) is 6.89. The van der Waals surface area contributed by atoms with Crippen LogP contribution in [0.2, 0.25) is 10.0 Å². The van der Waals surface area contributed by atoms with Crippen molar-refractivity contribution in [3.8, 4) is 0 Å². The Balaban J connectivity index is 1.91. The number of aryl methyl sites for hydroxylation is 1. The molecule has 0 aromatic heterocycles. The number of benzene rings is 2. The van der Waals surface area contributed by atoms with Gasteiger partial charge in [-0.1, -0.05) is 35.3 Å². The summed E-state index contributed by atoms with van der Waals surface area (Å²) in [6.07, 6.45) is 1.86. The first kappa shape index (κ1) is 12.8. The maximum absolute atomic E-state index is 13.8. The molecule has 0 aliphatic heterocycles. The molecular weight excluding hydrogens is 284 g/mol. The number of hydrogen-bond acceptors (Lipinski definition) is 1. The van der Waals surface area contributed by atoms with E-state index in [1.165, 1.54) is 17.2 Å². The summed E-state index contributed by atoms with van der Waals surface area (Å²) in [5.74, 6) is -0.324. The summed E-state index contributed by atoms with van der Waals surface area (Å²) in [6, 6.07) is 10.6. The van der Waals surface area contributed by atoms with Crippen molar-refractivity contribution in [2.45, 2.75) is 18.9 Å². The monoisotopic (exact) mass is 295 g/mol. The average Bonchev–Trinajstić information content (AvgIpc) is 2.76. The van der Waals surface area contributed by atoms with Crippen molar-refractivity contribution in [2.24, 2.45) is 0 Å². The van der Waals surface area contributed by atoms with E-state index in [0.29, 0.717) is 10.7 Å². The molecule has 1 aliphatic carbocycles. The van der Waals surface area contributed by atoms with E-state index < -0.39 is 0 Å². The van der Waals surface area contributed by atoms with Gasteiger partial charge in [0.1, 0.15) is 5.82 Å². The Kier molecular flexibility index (Phi) is 3.38. The Hall–Kier alpha value is -1.25. The molecule has 4 heteroatoms. The Morgan fingerprint density at radius 2 is 2.00 bits per heavy atom. The Bertz CT molecular complexity index is 607. The standard InChI is InChI=1S/C15H12Cl2FN/c16-10-5-6-11-9(8-10)4-7-14(11)19-15-12(17)2-1-3-13(15)18/h1-3,5-6,8,14,19H,4,7H2. The fraction of sp³-hybridized carbons (Fsp3) is 0.200. The number of halogens is 3. The minimum atomic E-state index is -0.324. The zero-order valence-electron chi connectivity index (χ0n) is 10.1. The van der Waals surface area contributed by atoms with E-state index in [-0.39, 0.29) is 11.9 Å². The normalized spacial score (nSPS) is 17.3. The smallest absolute Gasteiger partial charge is 0.147 e. The molecule has 1 N–H and O–H groups in total. The molecule has 0 saturated carbocycles. The summed E-state index contributed by atoms with van der Waals surface area (Å²) in [4.78, 5) is 0. The Labute approximate surface area is 121 Å². The lowest BCUT2D eigenvalue weighted by atomic mass is 10.1. The van der Waals surface area contributed by atoms with Crippen molar-refractivity contribution >= 4 is 28.9 Å². The van der Waals surface area contributed by atoms with E-state index in [0.717, 1.165) is 17.9 Å². The number of para-hydroxylation sites is 1. The largest absolute Gasteiger partial charge is 0.375 e. The van der Waals surface area contributed by atoms with Gasteiger partial charge in [0.25, 0.3) is 0 Å². The molecule has 0 saturated heterocycles. The fourth-order valence-electron chi connectivity index (χ4n) is 2.55. The van der Waals surface area contributed by atoms with E-state index in [4.69, 9.17) is 23.2 Å². The van der Waals surface area contributed by atoms with Crippen LogP contribution < -0.4 is 5.32 Å². The molecule has 0 radical (unpaired) electrons. The van der Waals surface area contributed by atoms with E-state index in [1.54, 1.807) is 12.1 Å². The Morgan fingerprint density at radius 3 is 2.79 bits per heavy atom. The molecular formula is C15H12Cl2FN. The highest BCUT2D eigenvalue weighted by atomic mass is 35.5. The van der Waals surface area contributed by atoms with Gasteiger partial charge in [-0.15, -0.1) is 0 Å². The molecule has 2 aromatic carbocycles. The summed E-state index contributed by atoms with van der Waals surface area (Å²) in [6.45, 7) is 0. The summed E-state index contributed by atoms with van der Waals surface area (Å²) >= 11 is 12.0. The highest BCUT2D eigenvalue weighted by molar-refractivity contribution is 6.33. The maximum atomic E-state index is 13.8. The number of fused-ring (bicyclic) bond motifs is 1. The quantitative estimate of drug-likeness (QED) is 0.800. The van der Waals surface area contributed by atoms with Gasteiger partial charge in [-0.05, 0) is 48.2 Å². The van der Waals surface area contributed by atoms with Crippen LogP contribution in [-0.2, 0) is 6.42 Å². The molecule has 1 nitrogen and oxygen atoms in total. The zero-order valence-corrected chi connectivity index (χ0v) is 11.6. The van der Waals surface area contributed by atoms with E-state index in [2.05, 4.69) is 5.32 Å². The molecule has 98 valence electrons. The molecule has 2 aromatic rings. The van der Waals surface area contributed by atoms with Gasteiger partial charge in [0.05, 0.1) is 16.8 Å². The predicted octanol–water partition coefficient (Wildman–Crippen LogP) is 5.23. The topological polar surface area (TPSA) is 12.0 Å². The van der Waals surface area contributed by atoms with Crippen LogP contribution in [0.25, 0.3) is 0 Å². The SMILES string of the molecule is Fc1cccc(Cl)c1NC1CCc2cc(Cl)ccc21. The molecule has 0 spiro atoms. The minimum absolute atomic E-state index is 0.0849. The second-order valence-corrected chi connectivity index (χ2v) is 5.52. The van der Waals surface area contributed by atoms with Crippen molar-refractivity contribution < 1.29 is 4.39 Å².